The lowest BCUT2D eigenvalue weighted by Gasteiger charge is -2.23. The third kappa shape index (κ3) is 29.8. The molecule has 0 heterocycles. The number of nitrogens with zero attached hydrogens (tertiary/aromatic N) is 1. The molecule has 256 valence electrons. The second-order valence-corrected chi connectivity index (χ2v) is 13.9. The van der Waals surface area contributed by atoms with Gasteiger partial charge < -0.3 is 5.73 Å². The first kappa shape index (κ1) is 42.4. The summed E-state index contributed by atoms with van der Waals surface area (Å²) in [4.78, 5) is 0. The van der Waals surface area contributed by atoms with Crippen LogP contribution in [0.1, 0.15) is 194 Å². The minimum atomic E-state index is 0.543. The first-order valence-corrected chi connectivity index (χ1v) is 19.5. The monoisotopic (exact) mass is 604 g/mol. The number of hydrazine groups is 1. The van der Waals surface area contributed by atoms with Gasteiger partial charge in [0.05, 0.1) is 6.67 Å². The van der Waals surface area contributed by atoms with Gasteiger partial charge in [0, 0.05) is 13.1 Å². The van der Waals surface area contributed by atoms with E-state index in [0.29, 0.717) is 12.6 Å². The lowest BCUT2D eigenvalue weighted by Crippen LogP contribution is -2.42. The quantitative estimate of drug-likeness (QED) is 0.0324. The van der Waals surface area contributed by atoms with Crippen LogP contribution in [0.5, 0.6) is 0 Å². The van der Waals surface area contributed by atoms with Gasteiger partial charge in [-0.2, -0.15) is 0 Å². The van der Waals surface area contributed by atoms with Crippen molar-refractivity contribution < 1.29 is 0 Å². The Balaban J connectivity index is 4.16. The number of unbranched alkanes of at least 4 members (excludes halogenated alkanes) is 18. The Morgan fingerprint density at radius 3 is 1.42 bits per heavy atom. The molecule has 3 heteroatoms. The maximum Gasteiger partial charge on any atom is 0.0567 e. The van der Waals surface area contributed by atoms with E-state index in [4.69, 9.17) is 5.73 Å². The molecule has 0 aliphatic heterocycles. The van der Waals surface area contributed by atoms with E-state index in [9.17, 15) is 0 Å². The highest BCUT2D eigenvalue weighted by molar-refractivity contribution is 4.81. The summed E-state index contributed by atoms with van der Waals surface area (Å²) < 4.78 is 0. The summed E-state index contributed by atoms with van der Waals surface area (Å²) >= 11 is 0. The van der Waals surface area contributed by atoms with Crippen molar-refractivity contribution in [1.29, 1.82) is 0 Å². The smallest absolute Gasteiger partial charge is 0.0567 e. The van der Waals surface area contributed by atoms with Gasteiger partial charge in [-0.05, 0) is 49.9 Å². The van der Waals surface area contributed by atoms with Gasteiger partial charge in [-0.3, -0.25) is 0 Å². The number of hydrogen-bond acceptors (Lipinski definition) is 3. The highest BCUT2D eigenvalue weighted by Crippen LogP contribution is 2.28. The van der Waals surface area contributed by atoms with Crippen molar-refractivity contribution in [2.45, 2.75) is 194 Å². The number of allylic oxidation sites excluding steroid dienone is 2. The van der Waals surface area contributed by atoms with Crippen LogP contribution >= 0.6 is 0 Å². The minimum Gasteiger partial charge on any atom is -0.317 e. The molecule has 0 aromatic rings. The van der Waals surface area contributed by atoms with E-state index in [1.54, 1.807) is 0 Å². The van der Waals surface area contributed by atoms with Gasteiger partial charge >= 0.3 is 0 Å². The summed E-state index contributed by atoms with van der Waals surface area (Å²) in [6.07, 6.45) is 41.7. The number of rotatable bonds is 36. The van der Waals surface area contributed by atoms with Crippen LogP contribution in [-0.2, 0) is 0 Å². The van der Waals surface area contributed by atoms with Crippen LogP contribution in [0, 0.1) is 17.8 Å². The van der Waals surface area contributed by atoms with Crippen LogP contribution in [-0.4, -0.2) is 24.8 Å². The van der Waals surface area contributed by atoms with Crippen molar-refractivity contribution >= 4 is 0 Å². The third-order valence-electron chi connectivity index (χ3n) is 9.71. The van der Waals surface area contributed by atoms with Crippen molar-refractivity contribution in [1.82, 2.24) is 10.4 Å². The molecule has 0 aliphatic carbocycles. The molecule has 0 bridgehead atoms. The van der Waals surface area contributed by atoms with Gasteiger partial charge in [0.1, 0.15) is 0 Å². The molecule has 0 aromatic heterocycles. The molecule has 0 rings (SSSR count). The molecule has 2 unspecified atom stereocenters. The van der Waals surface area contributed by atoms with Crippen LogP contribution in [0.3, 0.4) is 0 Å². The van der Waals surface area contributed by atoms with E-state index < -0.39 is 0 Å². The van der Waals surface area contributed by atoms with Gasteiger partial charge in [0.2, 0.25) is 0 Å². The topological polar surface area (TPSA) is 41.3 Å². The van der Waals surface area contributed by atoms with E-state index in [1.807, 2.05) is 0 Å². The molecular weight excluding hydrogens is 522 g/mol. The van der Waals surface area contributed by atoms with E-state index in [0.717, 1.165) is 24.9 Å². The number of hydrogen-bond donors (Lipinski definition) is 2. The van der Waals surface area contributed by atoms with Crippen molar-refractivity contribution in [3.63, 3.8) is 0 Å². The van der Waals surface area contributed by atoms with Crippen molar-refractivity contribution in [2.24, 2.45) is 23.5 Å². The second kappa shape index (κ2) is 34.2. The Hall–Kier alpha value is -0.640. The summed E-state index contributed by atoms with van der Waals surface area (Å²) in [5.74, 6) is 2.31. The summed E-state index contributed by atoms with van der Waals surface area (Å²) in [5.41, 5.74) is 9.21. The van der Waals surface area contributed by atoms with Crippen LogP contribution in [0.2, 0.25) is 0 Å². The minimum absolute atomic E-state index is 0.543. The predicted molar refractivity (Wildman–Crippen MR) is 196 cm³/mol. The Kier molecular flexibility index (Phi) is 33.7. The standard InChI is InChI=1S/C40H81N3/c1-6-10-12-14-19-26-32-40(33-27-20-15-13-11-7-2)36-39(9-4)31-25-21-17-23-29-35-43(42-37-41)34-28-22-16-18-24-30-38(5)8-3/h8-9,38-40,42H,3-4,6-7,10-37,41H2,1-2,5H3. The van der Waals surface area contributed by atoms with Crippen LogP contribution < -0.4 is 11.2 Å². The van der Waals surface area contributed by atoms with Crippen LogP contribution in [0.25, 0.3) is 0 Å². The van der Waals surface area contributed by atoms with Crippen molar-refractivity contribution in [3.8, 4) is 0 Å². The summed E-state index contributed by atoms with van der Waals surface area (Å²) in [6, 6.07) is 0. The molecule has 0 amide bonds. The summed E-state index contributed by atoms with van der Waals surface area (Å²) in [7, 11) is 0. The zero-order chi connectivity index (χ0) is 31.6. The zero-order valence-electron chi connectivity index (χ0n) is 30.0. The predicted octanol–water partition coefficient (Wildman–Crippen LogP) is 12.5. The third-order valence-corrected chi connectivity index (χ3v) is 9.71. The normalized spacial score (nSPS) is 13.2. The van der Waals surface area contributed by atoms with Gasteiger partial charge in [0.15, 0.2) is 0 Å². The largest absolute Gasteiger partial charge is 0.317 e. The fourth-order valence-electron chi connectivity index (χ4n) is 6.62. The maximum absolute atomic E-state index is 5.82. The number of nitrogens with two attached hydrogens (primary N) is 1. The molecular formula is C40H81N3. The Labute approximate surface area is 272 Å². The molecule has 3 nitrogen and oxygen atoms in total. The average molecular weight is 604 g/mol. The molecule has 0 aromatic carbocycles. The van der Waals surface area contributed by atoms with E-state index in [1.165, 1.54) is 173 Å². The van der Waals surface area contributed by atoms with Crippen LogP contribution in [0.4, 0.5) is 0 Å². The fraction of sp³-hybridized carbons (Fsp3) is 0.900. The Bertz CT molecular complexity index is 546. The lowest BCUT2D eigenvalue weighted by molar-refractivity contribution is 0.181. The zero-order valence-corrected chi connectivity index (χ0v) is 30.0. The molecule has 0 aliphatic rings. The molecule has 0 radical (unpaired) electrons. The van der Waals surface area contributed by atoms with Crippen molar-refractivity contribution in [3.05, 3.63) is 25.3 Å². The van der Waals surface area contributed by atoms with Gasteiger partial charge in [-0.1, -0.05) is 174 Å². The first-order chi connectivity index (χ1) is 21.1. The lowest BCUT2D eigenvalue weighted by atomic mass is 9.84. The highest BCUT2D eigenvalue weighted by Gasteiger charge is 2.14. The van der Waals surface area contributed by atoms with E-state index in [-0.39, 0.29) is 0 Å². The summed E-state index contributed by atoms with van der Waals surface area (Å²) in [5, 5.41) is 2.38. The molecule has 0 saturated heterocycles. The first-order valence-electron chi connectivity index (χ1n) is 19.5. The van der Waals surface area contributed by atoms with Crippen LogP contribution in [0.15, 0.2) is 25.3 Å². The van der Waals surface area contributed by atoms with E-state index in [2.05, 4.69) is 56.5 Å². The second-order valence-electron chi connectivity index (χ2n) is 13.9. The highest BCUT2D eigenvalue weighted by atomic mass is 15.5. The number of nitrogens with one attached hydrogen (secondary N) is 1. The Morgan fingerprint density at radius 2 is 0.977 bits per heavy atom. The maximum atomic E-state index is 5.82. The van der Waals surface area contributed by atoms with Gasteiger partial charge in [-0.25, -0.2) is 10.4 Å². The van der Waals surface area contributed by atoms with Crippen molar-refractivity contribution in [2.75, 3.05) is 19.8 Å². The molecule has 43 heavy (non-hydrogen) atoms. The summed E-state index contributed by atoms with van der Waals surface area (Å²) in [6.45, 7) is 17.9. The molecule has 0 saturated carbocycles. The molecule has 3 N–H and O–H groups in total. The molecule has 2 atom stereocenters. The van der Waals surface area contributed by atoms with E-state index >= 15 is 0 Å². The van der Waals surface area contributed by atoms with Gasteiger partial charge in [-0.15, -0.1) is 13.2 Å². The van der Waals surface area contributed by atoms with Gasteiger partial charge in [0.25, 0.3) is 0 Å². The fourth-order valence-corrected chi connectivity index (χ4v) is 6.62. The molecule has 0 spiro atoms. The molecule has 0 fully saturated rings. The SMILES string of the molecule is C=CC(C)CCCCCCCN(CCCCCCCC(C=C)CC(CCCCCCCC)CCCCCCCC)NCN. The average Bonchev–Trinajstić information content (AvgIpc) is 3.02. The Morgan fingerprint density at radius 1 is 0.558 bits per heavy atom.